The average molecular weight is 284 g/mol. The molecule has 0 atom stereocenters. The fraction of sp³-hybridized carbons (Fsp3) is 0.500. The fourth-order valence-corrected chi connectivity index (χ4v) is 2.14. The van der Waals surface area contributed by atoms with E-state index in [-0.39, 0.29) is 18.7 Å². The number of hydrogen-bond acceptors (Lipinski definition) is 3. The predicted molar refractivity (Wildman–Crippen MR) is 71.4 cm³/mol. The Morgan fingerprint density at radius 2 is 2.00 bits per heavy atom. The summed E-state index contributed by atoms with van der Waals surface area (Å²) >= 11 is 0. The van der Waals surface area contributed by atoms with Crippen molar-refractivity contribution in [3.05, 3.63) is 29.8 Å². The lowest BCUT2D eigenvalue weighted by atomic mass is 9.89. The molecule has 0 radical (unpaired) electrons. The van der Waals surface area contributed by atoms with Crippen molar-refractivity contribution >= 4 is 11.6 Å². The highest BCUT2D eigenvalue weighted by atomic mass is 19.1. The van der Waals surface area contributed by atoms with Gasteiger partial charge in [0.05, 0.1) is 12.6 Å². The van der Waals surface area contributed by atoms with Crippen LogP contribution in [0.5, 0.6) is 0 Å². The number of halogens is 2. The van der Waals surface area contributed by atoms with Crippen molar-refractivity contribution in [2.45, 2.75) is 31.9 Å². The van der Waals surface area contributed by atoms with Gasteiger partial charge in [-0.1, -0.05) is 6.07 Å². The van der Waals surface area contributed by atoms with Gasteiger partial charge < -0.3 is 15.4 Å². The van der Waals surface area contributed by atoms with Crippen LogP contribution in [0.1, 0.15) is 19.8 Å². The average Bonchev–Trinajstić information content (AvgIpc) is 2.36. The molecule has 0 spiro atoms. The van der Waals surface area contributed by atoms with Crippen molar-refractivity contribution in [2.75, 3.05) is 18.5 Å². The predicted octanol–water partition coefficient (Wildman–Crippen LogP) is 2.06. The highest BCUT2D eigenvalue weighted by molar-refractivity contribution is 5.92. The van der Waals surface area contributed by atoms with Crippen molar-refractivity contribution in [2.24, 2.45) is 0 Å². The van der Waals surface area contributed by atoms with Crippen LogP contribution in [0, 0.1) is 11.6 Å². The van der Waals surface area contributed by atoms with E-state index < -0.39 is 23.2 Å². The molecule has 0 saturated heterocycles. The normalized spacial score (nSPS) is 21.4. The molecule has 1 aliphatic carbocycles. The van der Waals surface area contributed by atoms with Crippen molar-refractivity contribution in [1.29, 1.82) is 0 Å². The Hall–Kier alpha value is -1.53. The van der Waals surface area contributed by atoms with Crippen LogP contribution in [0.2, 0.25) is 0 Å². The molecule has 1 aromatic carbocycles. The van der Waals surface area contributed by atoms with E-state index in [1.165, 1.54) is 6.07 Å². The van der Waals surface area contributed by atoms with Crippen molar-refractivity contribution in [3.8, 4) is 0 Å². The summed E-state index contributed by atoms with van der Waals surface area (Å²) < 4.78 is 32.1. The van der Waals surface area contributed by atoms with E-state index in [4.69, 9.17) is 4.74 Å². The lowest BCUT2D eigenvalue weighted by Crippen LogP contribution is -2.47. The van der Waals surface area contributed by atoms with Crippen LogP contribution in [-0.2, 0) is 9.53 Å². The molecule has 1 aliphatic rings. The molecule has 1 amide bonds. The number of nitrogens with one attached hydrogen (secondary N) is 2. The van der Waals surface area contributed by atoms with Gasteiger partial charge >= 0.3 is 0 Å². The summed E-state index contributed by atoms with van der Waals surface area (Å²) in [7, 11) is 0. The maximum Gasteiger partial charge on any atom is 0.238 e. The van der Waals surface area contributed by atoms with Crippen LogP contribution in [-0.4, -0.2) is 31.2 Å². The van der Waals surface area contributed by atoms with Crippen LogP contribution in [0.25, 0.3) is 0 Å². The molecule has 110 valence electrons. The second-order valence-corrected chi connectivity index (χ2v) is 4.77. The number of rotatable bonds is 6. The highest BCUT2D eigenvalue weighted by Crippen LogP contribution is 2.23. The Morgan fingerprint density at radius 3 is 2.60 bits per heavy atom. The molecule has 0 heterocycles. The van der Waals surface area contributed by atoms with E-state index >= 15 is 0 Å². The van der Waals surface area contributed by atoms with E-state index in [9.17, 15) is 13.6 Å². The number of carbonyl (C=O) groups excluding carboxylic acids is 1. The van der Waals surface area contributed by atoms with Gasteiger partial charge in [0, 0.05) is 12.6 Å². The first-order chi connectivity index (χ1) is 9.60. The van der Waals surface area contributed by atoms with Crippen LogP contribution in [0.15, 0.2) is 18.2 Å². The molecule has 1 aromatic rings. The Morgan fingerprint density at radius 1 is 1.35 bits per heavy atom. The lowest BCUT2D eigenvalue weighted by molar-refractivity contribution is -0.116. The maximum atomic E-state index is 13.3. The number of ether oxygens (including phenoxy) is 1. The van der Waals surface area contributed by atoms with Gasteiger partial charge in [0.25, 0.3) is 0 Å². The zero-order valence-electron chi connectivity index (χ0n) is 11.3. The minimum absolute atomic E-state index is 0.0251. The first-order valence-corrected chi connectivity index (χ1v) is 6.69. The van der Waals surface area contributed by atoms with E-state index in [2.05, 4.69) is 10.6 Å². The summed E-state index contributed by atoms with van der Waals surface area (Å²) in [5.74, 6) is -2.02. The molecule has 0 aliphatic heterocycles. The molecule has 1 saturated carbocycles. The SMILES string of the molecule is CCOC1CC(NCC(=O)Nc2c(F)cccc2F)C1. The molecule has 4 nitrogen and oxygen atoms in total. The minimum Gasteiger partial charge on any atom is -0.378 e. The summed E-state index contributed by atoms with van der Waals surface area (Å²) in [6.07, 6.45) is 1.97. The summed E-state index contributed by atoms with van der Waals surface area (Å²) in [5, 5.41) is 5.27. The maximum absolute atomic E-state index is 13.3. The summed E-state index contributed by atoms with van der Waals surface area (Å²) in [6.45, 7) is 2.65. The molecule has 20 heavy (non-hydrogen) atoms. The summed E-state index contributed by atoms with van der Waals surface area (Å²) in [4.78, 5) is 11.6. The second kappa shape index (κ2) is 6.76. The molecule has 1 fully saturated rings. The standard InChI is InChI=1S/C14H18F2N2O2/c1-2-20-10-6-9(7-10)17-8-13(19)18-14-11(15)4-3-5-12(14)16/h3-5,9-10,17H,2,6-8H2,1H3,(H,18,19). The van der Waals surface area contributed by atoms with E-state index in [0.717, 1.165) is 25.0 Å². The van der Waals surface area contributed by atoms with Gasteiger partial charge in [0.1, 0.15) is 17.3 Å². The van der Waals surface area contributed by atoms with Gasteiger partial charge in [-0.2, -0.15) is 0 Å². The monoisotopic (exact) mass is 284 g/mol. The molecule has 2 rings (SSSR count). The zero-order valence-corrected chi connectivity index (χ0v) is 11.3. The van der Waals surface area contributed by atoms with Crippen LogP contribution in [0.3, 0.4) is 0 Å². The van der Waals surface area contributed by atoms with Gasteiger partial charge in [0.15, 0.2) is 0 Å². The highest BCUT2D eigenvalue weighted by Gasteiger charge is 2.29. The van der Waals surface area contributed by atoms with Crippen LogP contribution < -0.4 is 10.6 Å². The Bertz CT molecular complexity index is 456. The number of para-hydroxylation sites is 1. The summed E-state index contributed by atoms with van der Waals surface area (Å²) in [5.41, 5.74) is -0.403. The van der Waals surface area contributed by atoms with E-state index in [1.54, 1.807) is 0 Å². The quantitative estimate of drug-likeness (QED) is 0.840. The first kappa shape index (κ1) is 14.9. The van der Waals surface area contributed by atoms with Crippen LogP contribution >= 0.6 is 0 Å². The van der Waals surface area contributed by atoms with Gasteiger partial charge in [0.2, 0.25) is 5.91 Å². The van der Waals surface area contributed by atoms with Gasteiger partial charge in [-0.3, -0.25) is 4.79 Å². The zero-order chi connectivity index (χ0) is 14.5. The Labute approximate surface area is 116 Å². The molecular formula is C14H18F2N2O2. The number of amides is 1. The lowest BCUT2D eigenvalue weighted by Gasteiger charge is -2.35. The Kier molecular flexibility index (Phi) is 5.03. The van der Waals surface area contributed by atoms with Crippen molar-refractivity contribution in [1.82, 2.24) is 5.32 Å². The molecule has 0 unspecified atom stereocenters. The third kappa shape index (κ3) is 3.74. The van der Waals surface area contributed by atoms with Crippen molar-refractivity contribution in [3.63, 3.8) is 0 Å². The number of anilines is 1. The summed E-state index contributed by atoms with van der Waals surface area (Å²) in [6, 6.07) is 3.68. The fourth-order valence-electron chi connectivity index (χ4n) is 2.14. The van der Waals surface area contributed by atoms with Gasteiger partial charge in [-0.15, -0.1) is 0 Å². The third-order valence-corrected chi connectivity index (χ3v) is 3.28. The topological polar surface area (TPSA) is 50.4 Å². The molecular weight excluding hydrogens is 266 g/mol. The second-order valence-electron chi connectivity index (χ2n) is 4.77. The van der Waals surface area contributed by atoms with Crippen LogP contribution in [0.4, 0.5) is 14.5 Å². The smallest absolute Gasteiger partial charge is 0.238 e. The number of benzene rings is 1. The largest absolute Gasteiger partial charge is 0.378 e. The Balaban J connectivity index is 1.74. The van der Waals surface area contributed by atoms with E-state index in [1.807, 2.05) is 6.92 Å². The third-order valence-electron chi connectivity index (χ3n) is 3.28. The first-order valence-electron chi connectivity index (χ1n) is 6.69. The molecule has 6 heteroatoms. The molecule has 0 aromatic heterocycles. The van der Waals surface area contributed by atoms with E-state index in [0.29, 0.717) is 6.61 Å². The van der Waals surface area contributed by atoms with Gasteiger partial charge in [-0.05, 0) is 31.9 Å². The molecule has 2 N–H and O–H groups in total. The minimum atomic E-state index is -0.779. The van der Waals surface area contributed by atoms with Crippen molar-refractivity contribution < 1.29 is 18.3 Å². The number of carbonyl (C=O) groups is 1. The van der Waals surface area contributed by atoms with Gasteiger partial charge in [-0.25, -0.2) is 8.78 Å². The molecule has 0 bridgehead atoms. The number of hydrogen-bond donors (Lipinski definition) is 2.